The van der Waals surface area contributed by atoms with Crippen molar-refractivity contribution < 1.29 is 4.74 Å². The Hall–Kier alpha value is -1.06. The highest BCUT2D eigenvalue weighted by Gasteiger charge is 2.33. The number of aryl methyl sites for hydroxylation is 1. The number of nitrogens with zero attached hydrogens (tertiary/aromatic N) is 2. The lowest BCUT2D eigenvalue weighted by atomic mass is 9.80. The summed E-state index contributed by atoms with van der Waals surface area (Å²) < 4.78 is 7.60. The van der Waals surface area contributed by atoms with Crippen molar-refractivity contribution in [3.63, 3.8) is 0 Å². The predicted octanol–water partition coefficient (Wildman–Crippen LogP) is 3.15. The number of hydrogen-bond donors (Lipinski definition) is 0. The molecule has 1 aromatic carbocycles. The SMILES string of the molecule is Cn1nc(CC2(CCl)CCCOC2)c2ccccc21. The van der Waals surface area contributed by atoms with Gasteiger partial charge in [0.15, 0.2) is 0 Å². The fraction of sp³-hybridized carbons (Fsp3) is 0.533. The van der Waals surface area contributed by atoms with Crippen molar-refractivity contribution in [2.45, 2.75) is 19.3 Å². The summed E-state index contributed by atoms with van der Waals surface area (Å²) in [4.78, 5) is 0. The van der Waals surface area contributed by atoms with Crippen LogP contribution in [0.25, 0.3) is 10.9 Å². The van der Waals surface area contributed by atoms with Crippen LogP contribution in [0.4, 0.5) is 0 Å². The molecule has 102 valence electrons. The molecule has 1 aliphatic heterocycles. The summed E-state index contributed by atoms with van der Waals surface area (Å²) in [5, 5.41) is 5.92. The predicted molar refractivity (Wildman–Crippen MR) is 77.6 cm³/mol. The third-order valence-electron chi connectivity index (χ3n) is 4.06. The van der Waals surface area contributed by atoms with E-state index >= 15 is 0 Å². The molecule has 1 atom stereocenters. The summed E-state index contributed by atoms with van der Waals surface area (Å²) in [6, 6.07) is 8.37. The first-order valence-corrected chi connectivity index (χ1v) is 7.32. The molecule has 0 amide bonds. The smallest absolute Gasteiger partial charge is 0.0710 e. The third-order valence-corrected chi connectivity index (χ3v) is 4.63. The lowest BCUT2D eigenvalue weighted by Crippen LogP contribution is -2.35. The van der Waals surface area contributed by atoms with Gasteiger partial charge in [-0.3, -0.25) is 4.68 Å². The summed E-state index contributed by atoms with van der Waals surface area (Å²) in [7, 11) is 2.00. The van der Waals surface area contributed by atoms with Crippen molar-refractivity contribution in [1.29, 1.82) is 0 Å². The molecular formula is C15H19ClN2O. The Kier molecular flexibility index (Phi) is 3.50. The molecule has 0 saturated carbocycles. The highest BCUT2D eigenvalue weighted by Crippen LogP contribution is 2.35. The number of fused-ring (bicyclic) bond motifs is 1. The number of aromatic nitrogens is 2. The van der Waals surface area contributed by atoms with Gasteiger partial charge in [-0.1, -0.05) is 18.2 Å². The Morgan fingerprint density at radius 1 is 1.42 bits per heavy atom. The molecular weight excluding hydrogens is 260 g/mol. The molecule has 3 rings (SSSR count). The first-order chi connectivity index (χ1) is 9.24. The van der Waals surface area contributed by atoms with E-state index in [0.29, 0.717) is 5.88 Å². The van der Waals surface area contributed by atoms with Crippen molar-refractivity contribution in [1.82, 2.24) is 9.78 Å². The number of halogens is 1. The normalized spacial score (nSPS) is 23.9. The van der Waals surface area contributed by atoms with E-state index in [1.807, 2.05) is 11.7 Å². The first kappa shape index (κ1) is 12.9. The molecule has 0 spiro atoms. The zero-order chi connectivity index (χ0) is 13.3. The number of benzene rings is 1. The minimum absolute atomic E-state index is 0.0525. The standard InChI is InChI=1S/C15H19ClN2O/c1-18-14-6-3-2-5-12(14)13(17-18)9-15(10-16)7-4-8-19-11-15/h2-3,5-6H,4,7-11H2,1H3. The maximum atomic E-state index is 6.23. The summed E-state index contributed by atoms with van der Waals surface area (Å²) in [6.45, 7) is 1.61. The minimum Gasteiger partial charge on any atom is -0.381 e. The second-order valence-electron chi connectivity index (χ2n) is 5.55. The van der Waals surface area contributed by atoms with Gasteiger partial charge in [0.05, 0.1) is 17.8 Å². The molecule has 1 fully saturated rings. The van der Waals surface area contributed by atoms with Crippen LogP contribution in [0.15, 0.2) is 24.3 Å². The van der Waals surface area contributed by atoms with Gasteiger partial charge < -0.3 is 4.74 Å². The maximum absolute atomic E-state index is 6.23. The zero-order valence-electron chi connectivity index (χ0n) is 11.2. The highest BCUT2D eigenvalue weighted by atomic mass is 35.5. The van der Waals surface area contributed by atoms with Crippen LogP contribution in [0.2, 0.25) is 0 Å². The largest absolute Gasteiger partial charge is 0.381 e. The van der Waals surface area contributed by atoms with Crippen LogP contribution in [0.3, 0.4) is 0 Å². The number of para-hydroxylation sites is 1. The maximum Gasteiger partial charge on any atom is 0.0710 e. The van der Waals surface area contributed by atoms with Crippen LogP contribution < -0.4 is 0 Å². The monoisotopic (exact) mass is 278 g/mol. The molecule has 0 aliphatic carbocycles. The molecule has 19 heavy (non-hydrogen) atoms. The first-order valence-electron chi connectivity index (χ1n) is 6.78. The number of hydrogen-bond acceptors (Lipinski definition) is 2. The van der Waals surface area contributed by atoms with E-state index < -0.39 is 0 Å². The zero-order valence-corrected chi connectivity index (χ0v) is 12.0. The summed E-state index contributed by atoms with van der Waals surface area (Å²) in [6.07, 6.45) is 3.12. The van der Waals surface area contributed by atoms with E-state index in [0.717, 1.165) is 38.2 Å². The van der Waals surface area contributed by atoms with Crippen LogP contribution in [-0.4, -0.2) is 28.9 Å². The Labute approximate surface area is 118 Å². The van der Waals surface area contributed by atoms with E-state index in [-0.39, 0.29) is 5.41 Å². The third kappa shape index (κ3) is 2.37. The van der Waals surface area contributed by atoms with Crippen LogP contribution in [0, 0.1) is 5.41 Å². The molecule has 1 aliphatic rings. The Bertz CT molecular complexity index is 573. The van der Waals surface area contributed by atoms with Gasteiger partial charge in [-0.15, -0.1) is 11.6 Å². The molecule has 2 aromatic rings. The van der Waals surface area contributed by atoms with Gasteiger partial charge in [-0.05, 0) is 18.9 Å². The fourth-order valence-corrected chi connectivity index (χ4v) is 3.28. The van der Waals surface area contributed by atoms with Gasteiger partial charge in [0, 0.05) is 36.8 Å². The van der Waals surface area contributed by atoms with Crippen molar-refractivity contribution in [3.05, 3.63) is 30.0 Å². The molecule has 0 radical (unpaired) electrons. The number of ether oxygens (including phenoxy) is 1. The average Bonchev–Trinajstić information content (AvgIpc) is 2.77. The van der Waals surface area contributed by atoms with Crippen molar-refractivity contribution in [3.8, 4) is 0 Å². The van der Waals surface area contributed by atoms with Gasteiger partial charge >= 0.3 is 0 Å². The summed E-state index contributed by atoms with van der Waals surface area (Å²) >= 11 is 6.23. The van der Waals surface area contributed by atoms with Gasteiger partial charge in [-0.2, -0.15) is 5.10 Å². The lowest BCUT2D eigenvalue weighted by Gasteiger charge is -2.34. The van der Waals surface area contributed by atoms with Gasteiger partial charge in [-0.25, -0.2) is 0 Å². The van der Waals surface area contributed by atoms with Crippen molar-refractivity contribution >= 4 is 22.5 Å². The molecule has 0 N–H and O–H groups in total. The molecule has 1 unspecified atom stereocenters. The topological polar surface area (TPSA) is 27.1 Å². The highest BCUT2D eigenvalue weighted by molar-refractivity contribution is 6.18. The van der Waals surface area contributed by atoms with E-state index in [9.17, 15) is 0 Å². The molecule has 1 saturated heterocycles. The van der Waals surface area contributed by atoms with E-state index in [4.69, 9.17) is 16.3 Å². The molecule has 3 nitrogen and oxygen atoms in total. The van der Waals surface area contributed by atoms with Crippen molar-refractivity contribution in [2.24, 2.45) is 12.5 Å². The van der Waals surface area contributed by atoms with Crippen LogP contribution in [0.5, 0.6) is 0 Å². The Morgan fingerprint density at radius 3 is 3.00 bits per heavy atom. The van der Waals surface area contributed by atoms with Gasteiger partial charge in [0.25, 0.3) is 0 Å². The van der Waals surface area contributed by atoms with Crippen LogP contribution >= 0.6 is 11.6 Å². The molecule has 0 bridgehead atoms. The van der Waals surface area contributed by atoms with Crippen LogP contribution in [-0.2, 0) is 18.2 Å². The average molecular weight is 279 g/mol. The van der Waals surface area contributed by atoms with E-state index in [1.54, 1.807) is 0 Å². The van der Waals surface area contributed by atoms with E-state index in [2.05, 4.69) is 29.4 Å². The second-order valence-corrected chi connectivity index (χ2v) is 5.82. The summed E-state index contributed by atoms with van der Waals surface area (Å²) in [5.74, 6) is 0.637. The minimum atomic E-state index is 0.0525. The quantitative estimate of drug-likeness (QED) is 0.807. The van der Waals surface area contributed by atoms with Crippen LogP contribution in [0.1, 0.15) is 18.5 Å². The molecule has 2 heterocycles. The second kappa shape index (κ2) is 5.14. The van der Waals surface area contributed by atoms with Crippen molar-refractivity contribution in [2.75, 3.05) is 19.1 Å². The Morgan fingerprint density at radius 2 is 2.26 bits per heavy atom. The lowest BCUT2D eigenvalue weighted by molar-refractivity contribution is 0.00440. The van der Waals surface area contributed by atoms with E-state index in [1.165, 1.54) is 10.9 Å². The Balaban J connectivity index is 1.96. The summed E-state index contributed by atoms with van der Waals surface area (Å²) in [5.41, 5.74) is 2.37. The molecule has 1 aromatic heterocycles. The molecule has 4 heteroatoms. The fourth-order valence-electron chi connectivity index (χ4n) is 2.98. The number of rotatable bonds is 3. The van der Waals surface area contributed by atoms with Gasteiger partial charge in [0.1, 0.15) is 0 Å². The number of alkyl halides is 1. The van der Waals surface area contributed by atoms with Gasteiger partial charge in [0.2, 0.25) is 0 Å².